The predicted octanol–water partition coefficient (Wildman–Crippen LogP) is 3.15. The first-order valence-electron chi connectivity index (χ1n) is 8.81. The number of nitrogens with zero attached hydrogens (tertiary/aromatic N) is 3. The Labute approximate surface area is 201 Å². The van der Waals surface area contributed by atoms with Crippen molar-refractivity contribution in [1.82, 2.24) is 9.78 Å². The van der Waals surface area contributed by atoms with Crippen molar-refractivity contribution in [2.24, 2.45) is 4.99 Å². The van der Waals surface area contributed by atoms with Crippen LogP contribution in [0.2, 0.25) is 5.02 Å². The van der Waals surface area contributed by atoms with Crippen LogP contribution in [-0.4, -0.2) is 15.6 Å². The van der Waals surface area contributed by atoms with Crippen LogP contribution in [-0.2, 0) is 6.54 Å². The molecule has 4 rings (SSSR count). The van der Waals surface area contributed by atoms with Crippen molar-refractivity contribution >= 4 is 50.3 Å². The third-order valence-electron chi connectivity index (χ3n) is 4.13. The Hall–Kier alpha value is -2.06. The van der Waals surface area contributed by atoms with E-state index in [0.717, 1.165) is 20.7 Å². The topological polar surface area (TPSA) is 47.2 Å². The van der Waals surface area contributed by atoms with E-state index >= 15 is 0 Å². The van der Waals surface area contributed by atoms with Gasteiger partial charge in [0.2, 0.25) is 4.80 Å². The molecule has 30 heavy (non-hydrogen) atoms. The molecule has 0 unspecified atom stereocenters. The van der Waals surface area contributed by atoms with Crippen LogP contribution < -0.4 is 21.8 Å². The summed E-state index contributed by atoms with van der Waals surface area (Å²) in [5.74, 6) is -0.0535. The van der Waals surface area contributed by atoms with Crippen molar-refractivity contribution in [3.05, 3.63) is 98.7 Å². The van der Waals surface area contributed by atoms with Crippen molar-refractivity contribution < 1.29 is 21.8 Å². The van der Waals surface area contributed by atoms with Gasteiger partial charge in [0.25, 0.3) is 0 Å². The molecule has 0 aliphatic carbocycles. The van der Waals surface area contributed by atoms with E-state index in [4.69, 9.17) is 16.6 Å². The third kappa shape index (κ3) is 5.55. The largest absolute Gasteiger partial charge is 1.00 e. The summed E-state index contributed by atoms with van der Waals surface area (Å²) in [7, 11) is 0. The first-order valence-corrected chi connectivity index (χ1v) is 10.8. The lowest BCUT2D eigenvalue weighted by atomic mass is 10.1. The van der Waals surface area contributed by atoms with Gasteiger partial charge in [-0.3, -0.25) is 4.79 Å². The van der Waals surface area contributed by atoms with Gasteiger partial charge in [0.05, 0.1) is 5.69 Å². The van der Waals surface area contributed by atoms with E-state index in [-0.39, 0.29) is 29.3 Å². The number of aromatic nitrogens is 2. The number of carbonyl (C=O) groups excluding carboxylic acids is 1. The molecule has 3 aromatic carbocycles. The Bertz CT molecular complexity index is 1220. The van der Waals surface area contributed by atoms with Crippen LogP contribution in [0, 0.1) is 0 Å². The molecule has 0 saturated heterocycles. The highest BCUT2D eigenvalue weighted by atomic mass is 79.9. The van der Waals surface area contributed by atoms with Crippen LogP contribution in [0.5, 0.6) is 0 Å². The lowest BCUT2D eigenvalue weighted by Gasteiger charge is -2.02. The maximum Gasteiger partial charge on any atom is 0.209 e. The molecule has 0 radical (unpaired) electrons. The minimum atomic E-state index is -0.0535. The van der Waals surface area contributed by atoms with E-state index in [1.165, 1.54) is 11.3 Å². The first kappa shape index (κ1) is 22.6. The number of Topliss-reactive ketones (excluding diaryl/α,β-unsaturated/α-hetero) is 1. The zero-order valence-corrected chi connectivity index (χ0v) is 20.2. The molecule has 0 aliphatic heterocycles. The quantitative estimate of drug-likeness (QED) is 0.350. The van der Waals surface area contributed by atoms with Gasteiger partial charge in [0.15, 0.2) is 5.78 Å². The summed E-state index contributed by atoms with van der Waals surface area (Å²) >= 11 is 10.9. The van der Waals surface area contributed by atoms with Crippen molar-refractivity contribution in [1.29, 1.82) is 0 Å². The molecule has 0 bridgehead atoms. The highest BCUT2D eigenvalue weighted by Crippen LogP contribution is 2.23. The van der Waals surface area contributed by atoms with Crippen molar-refractivity contribution in [2.45, 2.75) is 6.54 Å². The SMILES string of the molecule is O=C(Cn1nc(-c2cccc(Br)c2)sc1=Nc1ccccc1)c1ccc(Cl)cc1.[Br-]. The molecule has 0 amide bonds. The van der Waals surface area contributed by atoms with Gasteiger partial charge in [-0.15, -0.1) is 0 Å². The third-order valence-corrected chi connectivity index (χ3v) is 5.87. The Kier molecular flexibility index (Phi) is 7.77. The second kappa shape index (κ2) is 10.3. The second-order valence-electron chi connectivity index (χ2n) is 6.24. The number of rotatable bonds is 5. The average molecular weight is 565 g/mol. The van der Waals surface area contributed by atoms with Crippen LogP contribution in [0.25, 0.3) is 10.6 Å². The van der Waals surface area contributed by atoms with Crippen molar-refractivity contribution in [3.63, 3.8) is 0 Å². The minimum absolute atomic E-state index is 0. The number of para-hydroxylation sites is 1. The minimum Gasteiger partial charge on any atom is -1.00 e. The lowest BCUT2D eigenvalue weighted by Crippen LogP contribution is -3.00. The van der Waals surface area contributed by atoms with Crippen LogP contribution in [0.3, 0.4) is 0 Å². The first-order chi connectivity index (χ1) is 14.1. The number of benzene rings is 3. The molecule has 0 spiro atoms. The molecule has 0 fully saturated rings. The number of carbonyl (C=O) groups is 1. The van der Waals surface area contributed by atoms with Gasteiger partial charge in [0, 0.05) is 20.6 Å². The van der Waals surface area contributed by atoms with Crippen molar-refractivity contribution in [3.8, 4) is 10.6 Å². The Morgan fingerprint density at radius 2 is 1.77 bits per heavy atom. The van der Waals surface area contributed by atoms with Crippen molar-refractivity contribution in [2.75, 3.05) is 0 Å². The van der Waals surface area contributed by atoms with E-state index in [9.17, 15) is 4.79 Å². The molecule has 0 aliphatic rings. The smallest absolute Gasteiger partial charge is 0.209 e. The fourth-order valence-electron chi connectivity index (χ4n) is 2.71. The number of hydrogen-bond donors (Lipinski definition) is 0. The molecule has 0 N–H and O–H groups in total. The van der Waals surface area contributed by atoms with E-state index in [1.807, 2.05) is 54.6 Å². The summed E-state index contributed by atoms with van der Waals surface area (Å²) in [6.45, 7) is 0.0950. The van der Waals surface area contributed by atoms with Gasteiger partial charge in [-0.05, 0) is 48.5 Å². The number of ketones is 1. The zero-order chi connectivity index (χ0) is 20.2. The molecule has 1 heterocycles. The molecule has 152 valence electrons. The molecule has 8 heteroatoms. The fourth-order valence-corrected chi connectivity index (χ4v) is 4.15. The van der Waals surface area contributed by atoms with Gasteiger partial charge < -0.3 is 17.0 Å². The molecular formula is C22H15Br2ClN3OS-. The van der Waals surface area contributed by atoms with Crippen LogP contribution in [0.1, 0.15) is 10.4 Å². The zero-order valence-electron chi connectivity index (χ0n) is 15.5. The highest BCUT2D eigenvalue weighted by Gasteiger charge is 2.13. The molecule has 0 atom stereocenters. The summed E-state index contributed by atoms with van der Waals surface area (Å²) in [5.41, 5.74) is 2.36. The molecular weight excluding hydrogens is 550 g/mol. The fraction of sp³-hybridized carbons (Fsp3) is 0.0455. The molecule has 0 saturated carbocycles. The van der Waals surface area contributed by atoms with Gasteiger partial charge in [-0.1, -0.05) is 69.2 Å². The van der Waals surface area contributed by atoms with Gasteiger partial charge in [-0.2, -0.15) is 5.10 Å². The maximum atomic E-state index is 12.8. The van der Waals surface area contributed by atoms with Crippen LogP contribution in [0.4, 0.5) is 5.69 Å². The van der Waals surface area contributed by atoms with Crippen LogP contribution >= 0.6 is 38.9 Å². The number of hydrogen-bond acceptors (Lipinski definition) is 4. The summed E-state index contributed by atoms with van der Waals surface area (Å²) in [5, 5.41) is 6.07. The molecule has 4 nitrogen and oxygen atoms in total. The monoisotopic (exact) mass is 562 g/mol. The average Bonchev–Trinajstić information content (AvgIpc) is 3.11. The maximum absolute atomic E-state index is 12.8. The Morgan fingerprint density at radius 3 is 2.47 bits per heavy atom. The predicted molar refractivity (Wildman–Crippen MR) is 121 cm³/mol. The van der Waals surface area contributed by atoms with E-state index in [1.54, 1.807) is 28.9 Å². The summed E-state index contributed by atoms with van der Waals surface area (Å²) in [4.78, 5) is 18.1. The summed E-state index contributed by atoms with van der Waals surface area (Å²) < 4.78 is 2.63. The standard InChI is InChI=1S/C22H15BrClN3OS.BrH/c23-17-6-4-5-16(13-17)21-26-27(14-20(28)15-9-11-18(24)12-10-15)22(29-21)25-19-7-2-1-3-8-19;/h1-13H,14H2;1H/p-1. The second-order valence-corrected chi connectivity index (χ2v) is 8.54. The normalized spacial score (nSPS) is 11.2. The van der Waals surface area contributed by atoms with E-state index < -0.39 is 0 Å². The van der Waals surface area contributed by atoms with Gasteiger partial charge in [-0.25, -0.2) is 9.67 Å². The van der Waals surface area contributed by atoms with E-state index in [2.05, 4.69) is 21.0 Å². The summed E-state index contributed by atoms with van der Waals surface area (Å²) in [6.07, 6.45) is 0. The molecule has 4 aromatic rings. The van der Waals surface area contributed by atoms with Crippen LogP contribution in [0.15, 0.2) is 88.3 Å². The highest BCUT2D eigenvalue weighted by molar-refractivity contribution is 9.10. The summed E-state index contributed by atoms with van der Waals surface area (Å²) in [6, 6.07) is 24.4. The number of halogens is 3. The lowest BCUT2D eigenvalue weighted by molar-refractivity contribution is -0.0000137. The molecule has 1 aromatic heterocycles. The Balaban J connectivity index is 0.00000256. The van der Waals surface area contributed by atoms with E-state index in [0.29, 0.717) is 15.4 Å². The Morgan fingerprint density at radius 1 is 1.03 bits per heavy atom. The van der Waals surface area contributed by atoms with Gasteiger partial charge >= 0.3 is 0 Å². The van der Waals surface area contributed by atoms with Gasteiger partial charge in [0.1, 0.15) is 11.6 Å².